The minimum atomic E-state index is -0.133. The Hall–Kier alpha value is -1.65. The molecule has 20 heavy (non-hydrogen) atoms. The molecule has 0 atom stereocenters. The van der Waals surface area contributed by atoms with Gasteiger partial charge in [0.05, 0.1) is 11.9 Å². The summed E-state index contributed by atoms with van der Waals surface area (Å²) < 4.78 is 0. The molecule has 5 nitrogen and oxygen atoms in total. The molecule has 1 heterocycles. The molecule has 0 bridgehead atoms. The second kappa shape index (κ2) is 7.82. The standard InChI is InChI=1S/C15H26N4O/c1-6-16-12-9-18-14(11(4)5)19-13(12)15(20)17-8-7-10(2)3/h9-11,16H,6-8H2,1-5H3,(H,17,20). The highest BCUT2D eigenvalue weighted by Crippen LogP contribution is 2.16. The number of anilines is 1. The van der Waals surface area contributed by atoms with Gasteiger partial charge in [-0.25, -0.2) is 9.97 Å². The maximum absolute atomic E-state index is 12.3. The molecular formula is C15H26N4O. The van der Waals surface area contributed by atoms with Crippen molar-refractivity contribution in [3.05, 3.63) is 17.7 Å². The third-order valence-electron chi connectivity index (χ3n) is 2.91. The van der Waals surface area contributed by atoms with E-state index in [0.717, 1.165) is 13.0 Å². The lowest BCUT2D eigenvalue weighted by atomic mass is 10.1. The fourth-order valence-corrected chi connectivity index (χ4v) is 1.72. The highest BCUT2D eigenvalue weighted by Gasteiger charge is 2.16. The molecule has 1 amide bonds. The van der Waals surface area contributed by atoms with E-state index < -0.39 is 0 Å². The maximum atomic E-state index is 12.3. The first kappa shape index (κ1) is 16.4. The highest BCUT2D eigenvalue weighted by molar-refractivity contribution is 5.97. The highest BCUT2D eigenvalue weighted by atomic mass is 16.1. The molecule has 1 aromatic heterocycles. The Labute approximate surface area is 121 Å². The van der Waals surface area contributed by atoms with E-state index in [-0.39, 0.29) is 11.8 Å². The van der Waals surface area contributed by atoms with Gasteiger partial charge in [0.1, 0.15) is 5.82 Å². The fourth-order valence-electron chi connectivity index (χ4n) is 1.72. The van der Waals surface area contributed by atoms with Crippen LogP contribution in [0.1, 0.15) is 63.3 Å². The summed E-state index contributed by atoms with van der Waals surface area (Å²) in [5.41, 5.74) is 1.13. The number of nitrogens with one attached hydrogen (secondary N) is 2. The SMILES string of the molecule is CCNc1cnc(C(C)C)nc1C(=O)NCCC(C)C. The first-order chi connectivity index (χ1) is 9.45. The number of carbonyl (C=O) groups excluding carboxylic acids is 1. The first-order valence-electron chi connectivity index (χ1n) is 7.34. The van der Waals surface area contributed by atoms with Crippen LogP contribution < -0.4 is 10.6 Å². The summed E-state index contributed by atoms with van der Waals surface area (Å²) in [4.78, 5) is 21.0. The summed E-state index contributed by atoms with van der Waals surface area (Å²) in [6, 6.07) is 0. The molecule has 0 unspecified atom stereocenters. The minimum absolute atomic E-state index is 0.133. The van der Waals surface area contributed by atoms with E-state index in [9.17, 15) is 4.79 Å². The topological polar surface area (TPSA) is 66.9 Å². The molecule has 0 saturated heterocycles. The van der Waals surface area contributed by atoms with Crippen LogP contribution in [0.2, 0.25) is 0 Å². The quantitative estimate of drug-likeness (QED) is 0.805. The van der Waals surface area contributed by atoms with Crippen molar-refractivity contribution < 1.29 is 4.79 Å². The van der Waals surface area contributed by atoms with Gasteiger partial charge in [-0.2, -0.15) is 0 Å². The van der Waals surface area contributed by atoms with E-state index in [2.05, 4.69) is 34.4 Å². The lowest BCUT2D eigenvalue weighted by Gasteiger charge is -2.13. The molecule has 1 aromatic rings. The van der Waals surface area contributed by atoms with Gasteiger partial charge in [0.25, 0.3) is 5.91 Å². The van der Waals surface area contributed by atoms with Crippen LogP contribution in [0.25, 0.3) is 0 Å². The van der Waals surface area contributed by atoms with Crippen LogP contribution in [0, 0.1) is 5.92 Å². The van der Waals surface area contributed by atoms with Crippen LogP contribution in [0.5, 0.6) is 0 Å². The van der Waals surface area contributed by atoms with Crippen LogP contribution in [0.15, 0.2) is 6.20 Å². The average molecular weight is 278 g/mol. The van der Waals surface area contributed by atoms with Gasteiger partial charge in [0.2, 0.25) is 0 Å². The fraction of sp³-hybridized carbons (Fsp3) is 0.667. The Morgan fingerprint density at radius 1 is 1.30 bits per heavy atom. The molecule has 2 N–H and O–H groups in total. The summed E-state index contributed by atoms with van der Waals surface area (Å²) in [7, 11) is 0. The van der Waals surface area contributed by atoms with Crippen LogP contribution in [-0.2, 0) is 0 Å². The average Bonchev–Trinajstić information content (AvgIpc) is 2.38. The smallest absolute Gasteiger partial charge is 0.272 e. The van der Waals surface area contributed by atoms with Gasteiger partial charge in [-0.3, -0.25) is 4.79 Å². The molecule has 0 fully saturated rings. The summed E-state index contributed by atoms with van der Waals surface area (Å²) >= 11 is 0. The molecule has 0 spiro atoms. The largest absolute Gasteiger partial charge is 0.382 e. The van der Waals surface area contributed by atoms with Crippen LogP contribution in [0.3, 0.4) is 0 Å². The van der Waals surface area contributed by atoms with E-state index in [1.807, 2.05) is 20.8 Å². The maximum Gasteiger partial charge on any atom is 0.272 e. The van der Waals surface area contributed by atoms with Crippen molar-refractivity contribution in [2.75, 3.05) is 18.4 Å². The predicted molar refractivity (Wildman–Crippen MR) is 82.1 cm³/mol. The Morgan fingerprint density at radius 3 is 2.55 bits per heavy atom. The molecular weight excluding hydrogens is 252 g/mol. The first-order valence-corrected chi connectivity index (χ1v) is 7.34. The van der Waals surface area contributed by atoms with Crippen molar-refractivity contribution in [3.63, 3.8) is 0 Å². The van der Waals surface area contributed by atoms with Gasteiger partial charge in [-0.15, -0.1) is 0 Å². The monoisotopic (exact) mass is 278 g/mol. The second-order valence-electron chi connectivity index (χ2n) is 5.61. The lowest BCUT2D eigenvalue weighted by Crippen LogP contribution is -2.28. The molecule has 0 aromatic carbocycles. The van der Waals surface area contributed by atoms with Crippen molar-refractivity contribution >= 4 is 11.6 Å². The zero-order valence-corrected chi connectivity index (χ0v) is 13.2. The number of carbonyl (C=O) groups is 1. The van der Waals surface area contributed by atoms with E-state index in [1.54, 1.807) is 6.20 Å². The number of hydrogen-bond acceptors (Lipinski definition) is 4. The zero-order valence-electron chi connectivity index (χ0n) is 13.2. The Morgan fingerprint density at radius 2 is 2.00 bits per heavy atom. The van der Waals surface area contributed by atoms with E-state index in [4.69, 9.17) is 0 Å². The van der Waals surface area contributed by atoms with Gasteiger partial charge < -0.3 is 10.6 Å². The van der Waals surface area contributed by atoms with Crippen LogP contribution >= 0.6 is 0 Å². The Balaban J connectivity index is 2.87. The summed E-state index contributed by atoms with van der Waals surface area (Å²) in [6.07, 6.45) is 2.66. The van der Waals surface area contributed by atoms with Gasteiger partial charge >= 0.3 is 0 Å². The number of rotatable bonds is 7. The number of amides is 1. The van der Waals surface area contributed by atoms with Crippen molar-refractivity contribution in [2.24, 2.45) is 5.92 Å². The number of nitrogens with zero attached hydrogens (tertiary/aromatic N) is 2. The summed E-state index contributed by atoms with van der Waals surface area (Å²) in [5, 5.41) is 6.06. The van der Waals surface area contributed by atoms with Gasteiger partial charge in [-0.1, -0.05) is 27.7 Å². The van der Waals surface area contributed by atoms with Gasteiger partial charge in [0, 0.05) is 19.0 Å². The van der Waals surface area contributed by atoms with Crippen LogP contribution in [-0.4, -0.2) is 29.0 Å². The second-order valence-corrected chi connectivity index (χ2v) is 5.61. The molecule has 112 valence electrons. The van der Waals surface area contributed by atoms with Crippen molar-refractivity contribution in [3.8, 4) is 0 Å². The van der Waals surface area contributed by atoms with Gasteiger partial charge in [0.15, 0.2) is 5.69 Å². The third kappa shape index (κ3) is 4.79. The summed E-state index contributed by atoms with van der Waals surface area (Å²) in [5.74, 6) is 1.33. The zero-order chi connectivity index (χ0) is 15.1. The molecule has 0 radical (unpaired) electrons. The van der Waals surface area contributed by atoms with Crippen LogP contribution in [0.4, 0.5) is 5.69 Å². The van der Waals surface area contributed by atoms with Crippen molar-refractivity contribution in [1.29, 1.82) is 0 Å². The molecule has 0 aliphatic rings. The number of aromatic nitrogens is 2. The molecule has 0 saturated carbocycles. The van der Waals surface area contributed by atoms with Crippen molar-refractivity contribution in [2.45, 2.75) is 47.0 Å². The van der Waals surface area contributed by atoms with Crippen molar-refractivity contribution in [1.82, 2.24) is 15.3 Å². The molecule has 0 aliphatic carbocycles. The Kier molecular flexibility index (Phi) is 6.42. The Bertz CT molecular complexity index is 443. The molecule has 0 aliphatic heterocycles. The summed E-state index contributed by atoms with van der Waals surface area (Å²) in [6.45, 7) is 11.7. The normalized spacial score (nSPS) is 10.9. The number of hydrogen-bond donors (Lipinski definition) is 2. The third-order valence-corrected chi connectivity index (χ3v) is 2.91. The minimum Gasteiger partial charge on any atom is -0.382 e. The lowest BCUT2D eigenvalue weighted by molar-refractivity contribution is 0.0947. The molecule has 1 rings (SSSR count). The van der Waals surface area contributed by atoms with E-state index in [1.165, 1.54) is 0 Å². The van der Waals surface area contributed by atoms with E-state index >= 15 is 0 Å². The van der Waals surface area contributed by atoms with Gasteiger partial charge in [-0.05, 0) is 19.3 Å². The van der Waals surface area contributed by atoms with E-state index in [0.29, 0.717) is 29.7 Å². The predicted octanol–water partition coefficient (Wildman–Crippen LogP) is 2.81. The molecule has 5 heteroatoms.